The maximum atomic E-state index is 12.7. The van der Waals surface area contributed by atoms with Crippen LogP contribution in [-0.4, -0.2) is 52.7 Å². The second-order valence-corrected chi connectivity index (χ2v) is 9.14. The minimum atomic E-state index is -0.0977. The summed E-state index contributed by atoms with van der Waals surface area (Å²) in [5.41, 5.74) is 3.64. The summed E-state index contributed by atoms with van der Waals surface area (Å²) in [6.45, 7) is 4.64. The van der Waals surface area contributed by atoms with E-state index in [1.807, 2.05) is 36.4 Å². The van der Waals surface area contributed by atoms with Gasteiger partial charge in [-0.3, -0.25) is 9.36 Å². The summed E-state index contributed by atoms with van der Waals surface area (Å²) in [4.78, 5) is 26.6. The molecule has 1 aliphatic heterocycles. The molecule has 33 heavy (non-hydrogen) atoms. The van der Waals surface area contributed by atoms with Crippen molar-refractivity contribution in [3.05, 3.63) is 87.3 Å². The lowest BCUT2D eigenvalue weighted by Gasteiger charge is -2.34. The molecular formula is C25H25BrN6O. The Balaban J connectivity index is 1.40. The van der Waals surface area contributed by atoms with Crippen molar-refractivity contribution in [1.29, 1.82) is 0 Å². The zero-order valence-electron chi connectivity index (χ0n) is 18.4. The highest BCUT2D eigenvalue weighted by molar-refractivity contribution is 9.10. The molecule has 0 radical (unpaired) electrons. The fourth-order valence-electron chi connectivity index (χ4n) is 4.03. The van der Waals surface area contributed by atoms with Crippen LogP contribution in [0.15, 0.2) is 76.1 Å². The first-order valence-corrected chi connectivity index (χ1v) is 11.8. The van der Waals surface area contributed by atoms with Gasteiger partial charge in [-0.05, 0) is 49.0 Å². The van der Waals surface area contributed by atoms with Gasteiger partial charge in [0.05, 0.1) is 6.54 Å². The Morgan fingerprint density at radius 3 is 2.48 bits per heavy atom. The van der Waals surface area contributed by atoms with Gasteiger partial charge in [-0.2, -0.15) is 4.98 Å². The fraction of sp³-hybridized carbons (Fsp3) is 0.240. The number of halogens is 1. The largest absolute Gasteiger partial charge is 0.369 e. The number of hydrogen-bond acceptors (Lipinski definition) is 6. The first kappa shape index (κ1) is 21.6. The molecule has 0 saturated carbocycles. The number of aromatic nitrogens is 3. The molecule has 1 aliphatic rings. The molecule has 3 heterocycles. The highest BCUT2D eigenvalue weighted by Gasteiger charge is 2.14. The third-order valence-electron chi connectivity index (χ3n) is 6.00. The van der Waals surface area contributed by atoms with Gasteiger partial charge >= 0.3 is 0 Å². The number of benzene rings is 2. The topological polar surface area (TPSA) is 66.3 Å². The summed E-state index contributed by atoms with van der Waals surface area (Å²) in [6.07, 6.45) is 1.75. The summed E-state index contributed by atoms with van der Waals surface area (Å²) >= 11 is 3.57. The lowest BCUT2D eigenvalue weighted by atomic mass is 10.2. The SMILES string of the molecule is CN1CCN(c2ccc(Nc3ncc4ccc(=O)n(Cc5ccccc5Br)c4n3)cc2)CC1. The average Bonchev–Trinajstić information content (AvgIpc) is 2.83. The van der Waals surface area contributed by atoms with Crippen molar-refractivity contribution < 1.29 is 0 Å². The summed E-state index contributed by atoms with van der Waals surface area (Å²) in [7, 11) is 2.16. The van der Waals surface area contributed by atoms with Crippen molar-refractivity contribution >= 4 is 44.3 Å². The van der Waals surface area contributed by atoms with Gasteiger partial charge in [-0.1, -0.05) is 34.1 Å². The van der Waals surface area contributed by atoms with Crippen molar-refractivity contribution in [1.82, 2.24) is 19.4 Å². The minimum Gasteiger partial charge on any atom is -0.369 e. The second kappa shape index (κ2) is 9.33. The third kappa shape index (κ3) is 4.77. The zero-order valence-corrected chi connectivity index (χ0v) is 20.0. The van der Waals surface area contributed by atoms with Crippen molar-refractivity contribution in [2.45, 2.75) is 6.54 Å². The van der Waals surface area contributed by atoms with E-state index in [1.54, 1.807) is 22.9 Å². The van der Waals surface area contributed by atoms with Crippen LogP contribution in [0.3, 0.4) is 0 Å². The van der Waals surface area contributed by atoms with E-state index in [4.69, 9.17) is 0 Å². The number of nitrogens with one attached hydrogen (secondary N) is 1. The molecule has 0 atom stereocenters. The first-order valence-electron chi connectivity index (χ1n) is 11.0. The van der Waals surface area contributed by atoms with Crippen molar-refractivity contribution in [3.8, 4) is 0 Å². The number of anilines is 3. The van der Waals surface area contributed by atoms with Gasteiger partial charge < -0.3 is 15.1 Å². The van der Waals surface area contributed by atoms with Gasteiger partial charge in [0.1, 0.15) is 5.65 Å². The number of fused-ring (bicyclic) bond motifs is 1. The highest BCUT2D eigenvalue weighted by Crippen LogP contribution is 2.22. The Bertz CT molecular complexity index is 1330. The monoisotopic (exact) mass is 504 g/mol. The fourth-order valence-corrected chi connectivity index (χ4v) is 4.44. The van der Waals surface area contributed by atoms with Gasteiger partial charge in [0, 0.05) is 59.7 Å². The molecule has 0 unspecified atom stereocenters. The molecule has 0 aliphatic carbocycles. The lowest BCUT2D eigenvalue weighted by Crippen LogP contribution is -2.44. The van der Waals surface area contributed by atoms with E-state index in [2.05, 4.69) is 60.2 Å². The quantitative estimate of drug-likeness (QED) is 0.441. The summed E-state index contributed by atoms with van der Waals surface area (Å²) in [5, 5.41) is 4.10. The van der Waals surface area contributed by atoms with Crippen molar-refractivity contribution in [2.75, 3.05) is 43.4 Å². The standard InChI is InChI=1S/C25H25BrN6O/c1-30-12-14-31(15-13-30)21-9-7-20(8-10-21)28-25-27-16-18-6-11-23(33)32(24(18)29-25)17-19-4-2-3-5-22(19)26/h2-11,16H,12-15,17H2,1H3,(H,27,28,29). The van der Waals surface area contributed by atoms with E-state index in [0.717, 1.165) is 47.3 Å². The molecule has 4 aromatic rings. The first-order chi connectivity index (χ1) is 16.1. The van der Waals surface area contributed by atoms with Gasteiger partial charge in [0.25, 0.3) is 5.56 Å². The molecule has 0 bridgehead atoms. The van der Waals surface area contributed by atoms with E-state index in [-0.39, 0.29) is 5.56 Å². The van der Waals surface area contributed by atoms with Crippen LogP contribution >= 0.6 is 15.9 Å². The van der Waals surface area contributed by atoms with Crippen LogP contribution in [0, 0.1) is 0 Å². The smallest absolute Gasteiger partial charge is 0.252 e. The molecule has 5 rings (SSSR count). The molecule has 2 aromatic heterocycles. The van der Waals surface area contributed by atoms with Crippen LogP contribution in [0.1, 0.15) is 5.56 Å². The third-order valence-corrected chi connectivity index (χ3v) is 6.77. The Morgan fingerprint density at radius 2 is 1.73 bits per heavy atom. The number of hydrogen-bond donors (Lipinski definition) is 1. The average molecular weight is 505 g/mol. The molecule has 1 fully saturated rings. The number of pyridine rings is 1. The van der Waals surface area contributed by atoms with Crippen LogP contribution in [0.2, 0.25) is 0 Å². The molecule has 0 spiro atoms. The van der Waals surface area contributed by atoms with Crippen molar-refractivity contribution in [2.24, 2.45) is 0 Å². The summed E-state index contributed by atoms with van der Waals surface area (Å²) in [5.74, 6) is 0.460. The van der Waals surface area contributed by atoms with Crippen LogP contribution in [-0.2, 0) is 6.54 Å². The molecule has 0 amide bonds. The Kier molecular flexibility index (Phi) is 6.11. The minimum absolute atomic E-state index is 0.0977. The van der Waals surface area contributed by atoms with Crippen LogP contribution in [0.4, 0.5) is 17.3 Å². The predicted molar refractivity (Wildman–Crippen MR) is 136 cm³/mol. The maximum Gasteiger partial charge on any atom is 0.252 e. The van der Waals surface area contributed by atoms with E-state index in [0.29, 0.717) is 18.1 Å². The van der Waals surface area contributed by atoms with Crippen LogP contribution < -0.4 is 15.8 Å². The summed E-state index contributed by atoms with van der Waals surface area (Å²) < 4.78 is 2.64. The Labute approximate surface area is 200 Å². The van der Waals surface area contributed by atoms with Gasteiger partial charge in [0.2, 0.25) is 5.95 Å². The van der Waals surface area contributed by atoms with E-state index >= 15 is 0 Å². The lowest BCUT2D eigenvalue weighted by molar-refractivity contribution is 0.313. The van der Waals surface area contributed by atoms with Gasteiger partial charge in [-0.25, -0.2) is 4.98 Å². The van der Waals surface area contributed by atoms with Crippen LogP contribution in [0.5, 0.6) is 0 Å². The van der Waals surface area contributed by atoms with Gasteiger partial charge in [-0.15, -0.1) is 0 Å². The number of piperazine rings is 1. The molecule has 2 aromatic carbocycles. The normalized spacial score (nSPS) is 14.5. The predicted octanol–water partition coefficient (Wildman–Crippen LogP) is 4.10. The zero-order chi connectivity index (χ0) is 22.8. The summed E-state index contributed by atoms with van der Waals surface area (Å²) in [6, 6.07) is 19.5. The maximum absolute atomic E-state index is 12.7. The van der Waals surface area contributed by atoms with E-state index < -0.39 is 0 Å². The molecule has 1 saturated heterocycles. The molecule has 1 N–H and O–H groups in total. The number of rotatable bonds is 5. The Hall–Kier alpha value is -3.23. The van der Waals surface area contributed by atoms with E-state index in [1.165, 1.54) is 5.69 Å². The highest BCUT2D eigenvalue weighted by atomic mass is 79.9. The van der Waals surface area contributed by atoms with Crippen LogP contribution in [0.25, 0.3) is 11.0 Å². The second-order valence-electron chi connectivity index (χ2n) is 8.28. The molecule has 168 valence electrons. The van der Waals surface area contributed by atoms with E-state index in [9.17, 15) is 4.79 Å². The molecule has 7 nitrogen and oxygen atoms in total. The molecule has 8 heteroatoms. The number of likely N-dealkylation sites (N-methyl/N-ethyl adjacent to an activating group) is 1. The van der Waals surface area contributed by atoms with Gasteiger partial charge in [0.15, 0.2) is 0 Å². The molecular weight excluding hydrogens is 480 g/mol. The Morgan fingerprint density at radius 1 is 0.970 bits per heavy atom. The number of nitrogens with zero attached hydrogens (tertiary/aromatic N) is 5. The van der Waals surface area contributed by atoms with Crippen molar-refractivity contribution in [3.63, 3.8) is 0 Å².